The van der Waals surface area contributed by atoms with Gasteiger partial charge < -0.3 is 59.2 Å². The van der Waals surface area contributed by atoms with Crippen LogP contribution < -0.4 is 26.2 Å². The van der Waals surface area contributed by atoms with Gasteiger partial charge in [0.25, 0.3) is 17.7 Å². The number of para-hydroxylation sites is 1. The van der Waals surface area contributed by atoms with Crippen molar-refractivity contribution in [1.82, 2.24) is 20.5 Å². The quantitative estimate of drug-likeness (QED) is 0.0285. The highest BCUT2D eigenvalue weighted by Gasteiger charge is 2.59. The Hall–Kier alpha value is -6.79. The molecule has 4 heterocycles. The second-order valence-corrected chi connectivity index (χ2v) is 19.5. The van der Waals surface area contributed by atoms with Gasteiger partial charge in [-0.15, -0.1) is 0 Å². The van der Waals surface area contributed by atoms with Gasteiger partial charge in [-0.05, 0) is 85.2 Å². The first kappa shape index (κ1) is 56.9. The molecule has 1 aromatic heterocycles. The summed E-state index contributed by atoms with van der Waals surface area (Å²) in [6.45, 7) is 12.3. The van der Waals surface area contributed by atoms with Crippen molar-refractivity contribution in [3.05, 3.63) is 120 Å². The fourth-order valence-electron chi connectivity index (χ4n) is 10.6. The SMILES string of the molecule is C=C1CCC(N2C(=O)c3cccc(NCCOCCOCCOCCOCCOCCOCCOCCOCCNCc4ccnc5c(NC(=O)c6ccc(N7C(=O)[C@@H]8[C@H](C7=O)[C@@H]7C=C[C@H]8C7)cc6)cccc45)c3C2=O)C(=O)N1. The van der Waals surface area contributed by atoms with Crippen LogP contribution in [0.2, 0.25) is 0 Å². The highest BCUT2D eigenvalue weighted by Crippen LogP contribution is 2.53. The second kappa shape index (κ2) is 28.4. The van der Waals surface area contributed by atoms with Gasteiger partial charge in [-0.2, -0.15) is 0 Å². The predicted molar refractivity (Wildman–Crippen MR) is 290 cm³/mol. The molecule has 21 heteroatoms. The molecule has 2 saturated heterocycles. The van der Waals surface area contributed by atoms with Crippen LogP contribution in [-0.2, 0) is 58.8 Å². The summed E-state index contributed by atoms with van der Waals surface area (Å²) >= 11 is 0. The molecule has 79 heavy (non-hydrogen) atoms. The third-order valence-corrected chi connectivity index (χ3v) is 14.5. The Bertz CT molecular complexity index is 2820. The molecule has 9 rings (SSSR count). The maximum atomic E-state index is 13.4. The summed E-state index contributed by atoms with van der Waals surface area (Å²) < 4.78 is 44.8. The van der Waals surface area contributed by atoms with E-state index in [0.717, 1.165) is 22.3 Å². The average molecular weight is 1090 g/mol. The lowest BCUT2D eigenvalue weighted by atomic mass is 9.85. The zero-order valence-corrected chi connectivity index (χ0v) is 44.3. The van der Waals surface area contributed by atoms with E-state index in [9.17, 15) is 28.8 Å². The predicted octanol–water partition coefficient (Wildman–Crippen LogP) is 4.52. The fraction of sp³-hybridized carbons (Fsp3) is 0.466. The van der Waals surface area contributed by atoms with Crippen molar-refractivity contribution in [2.45, 2.75) is 31.8 Å². The zero-order chi connectivity index (χ0) is 54.9. The Labute approximate surface area is 458 Å². The topological polar surface area (TPSA) is 244 Å². The summed E-state index contributed by atoms with van der Waals surface area (Å²) in [5.74, 6) is -2.27. The number of amides is 6. The third kappa shape index (κ3) is 14.2. The van der Waals surface area contributed by atoms with E-state index >= 15 is 0 Å². The van der Waals surface area contributed by atoms with E-state index < -0.39 is 23.8 Å². The van der Waals surface area contributed by atoms with Crippen molar-refractivity contribution in [3.8, 4) is 0 Å². The van der Waals surface area contributed by atoms with Gasteiger partial charge in [0.15, 0.2) is 0 Å². The molecule has 3 fully saturated rings. The molecule has 0 radical (unpaired) electrons. The maximum absolute atomic E-state index is 13.4. The normalized spacial score (nSPS) is 20.2. The molecule has 3 aromatic carbocycles. The van der Waals surface area contributed by atoms with E-state index in [2.05, 4.69) is 45.0 Å². The van der Waals surface area contributed by atoms with E-state index in [4.69, 9.17) is 37.9 Å². The maximum Gasteiger partial charge on any atom is 0.264 e. The lowest BCUT2D eigenvalue weighted by molar-refractivity contribution is -0.125. The summed E-state index contributed by atoms with van der Waals surface area (Å²) in [6, 6.07) is 18.4. The highest BCUT2D eigenvalue weighted by atomic mass is 16.6. The number of fused-ring (bicyclic) bond motifs is 7. The number of carbonyl (C=O) groups excluding carboxylic acids is 6. The number of piperidine rings is 1. The van der Waals surface area contributed by atoms with Gasteiger partial charge in [0.05, 0.1) is 146 Å². The van der Waals surface area contributed by atoms with Gasteiger partial charge in [0.2, 0.25) is 17.7 Å². The first-order chi connectivity index (χ1) is 38.7. The molecule has 6 amide bonds. The third-order valence-electron chi connectivity index (χ3n) is 14.5. The number of benzene rings is 3. The van der Waals surface area contributed by atoms with E-state index in [-0.39, 0.29) is 52.5 Å². The molecule has 5 atom stereocenters. The molecule has 5 aliphatic rings. The number of imide groups is 2. The van der Waals surface area contributed by atoms with E-state index in [0.29, 0.717) is 172 Å². The Kier molecular flexibility index (Phi) is 20.4. The minimum absolute atomic E-state index is 0.133. The number of nitrogens with one attached hydrogen (secondary N) is 4. The molecule has 2 aliphatic carbocycles. The summed E-state index contributed by atoms with van der Waals surface area (Å²) in [5, 5.41) is 13.1. The van der Waals surface area contributed by atoms with E-state index in [1.165, 1.54) is 4.90 Å². The fourth-order valence-corrected chi connectivity index (χ4v) is 10.6. The van der Waals surface area contributed by atoms with Crippen molar-refractivity contribution >= 4 is 63.4 Å². The van der Waals surface area contributed by atoms with Crippen molar-refractivity contribution in [1.29, 1.82) is 0 Å². The molecule has 4 aromatic rings. The van der Waals surface area contributed by atoms with Crippen LogP contribution in [-0.4, -0.2) is 170 Å². The monoisotopic (exact) mass is 1090 g/mol. The van der Waals surface area contributed by atoms with Gasteiger partial charge in [0, 0.05) is 48.2 Å². The number of pyridine rings is 1. The zero-order valence-electron chi connectivity index (χ0n) is 44.3. The number of nitrogens with zero attached hydrogens (tertiary/aromatic N) is 3. The Morgan fingerprint density at radius 1 is 0.633 bits per heavy atom. The molecule has 420 valence electrons. The number of anilines is 3. The van der Waals surface area contributed by atoms with Crippen LogP contribution in [0.25, 0.3) is 10.9 Å². The Morgan fingerprint density at radius 2 is 1.18 bits per heavy atom. The van der Waals surface area contributed by atoms with Crippen LogP contribution in [0.3, 0.4) is 0 Å². The Balaban J connectivity index is 0.519. The summed E-state index contributed by atoms with van der Waals surface area (Å²) in [7, 11) is 0. The van der Waals surface area contributed by atoms with Crippen LogP contribution in [0.4, 0.5) is 17.1 Å². The van der Waals surface area contributed by atoms with Gasteiger partial charge in [-0.25, -0.2) is 0 Å². The summed E-state index contributed by atoms with van der Waals surface area (Å²) in [4.78, 5) is 85.6. The van der Waals surface area contributed by atoms with Gasteiger partial charge in [-0.1, -0.05) is 36.9 Å². The molecule has 1 unspecified atom stereocenters. The second-order valence-electron chi connectivity index (χ2n) is 19.5. The summed E-state index contributed by atoms with van der Waals surface area (Å²) in [5.41, 5.74) is 4.79. The number of ether oxygens (including phenoxy) is 8. The molecular formula is C58H69N7O14. The smallest absolute Gasteiger partial charge is 0.264 e. The van der Waals surface area contributed by atoms with Crippen molar-refractivity contribution in [3.63, 3.8) is 0 Å². The lowest BCUT2D eigenvalue weighted by Gasteiger charge is -2.29. The van der Waals surface area contributed by atoms with Gasteiger partial charge in [0.1, 0.15) is 6.04 Å². The first-order valence-electron chi connectivity index (χ1n) is 27.1. The summed E-state index contributed by atoms with van der Waals surface area (Å²) in [6.07, 6.45) is 7.59. The van der Waals surface area contributed by atoms with Crippen LogP contribution in [0.1, 0.15) is 55.9 Å². The van der Waals surface area contributed by atoms with Crippen LogP contribution in [0.5, 0.6) is 0 Å². The lowest BCUT2D eigenvalue weighted by Crippen LogP contribution is -2.51. The minimum atomic E-state index is -0.863. The van der Waals surface area contributed by atoms with Crippen molar-refractivity contribution < 1.29 is 66.7 Å². The largest absolute Gasteiger partial charge is 0.382 e. The molecular weight excluding hydrogens is 1020 g/mol. The number of aromatic nitrogens is 1. The number of allylic oxidation sites excluding steroid dienone is 3. The van der Waals surface area contributed by atoms with Crippen LogP contribution in [0, 0.1) is 23.7 Å². The standard InChI is InChI=1S/C58H69N7O14/c1-38-8-15-48(54(67)62-38)65-55(68)45-5-3-6-46(51(45)58(65)71)60-19-21-73-23-25-75-27-29-77-31-33-79-35-34-78-32-30-76-28-26-74-24-22-72-20-18-59-37-42-16-17-61-52-44(42)4-2-7-47(52)63-53(66)39-11-13-43(14-12-39)64-56(69)49-40-9-10-41(36-40)50(49)57(64)70/h2-7,9-14,16-17,40-41,48-50,59-60H,1,8,15,18-37H2,(H,62,67)(H,63,66)/t40-,41+,48?,49-,50+. The number of hydrogen-bond acceptors (Lipinski definition) is 17. The van der Waals surface area contributed by atoms with E-state index in [1.54, 1.807) is 48.7 Å². The molecule has 0 spiro atoms. The van der Waals surface area contributed by atoms with Crippen molar-refractivity contribution in [2.24, 2.45) is 23.7 Å². The Morgan fingerprint density at radius 3 is 1.76 bits per heavy atom. The number of hydrogen-bond donors (Lipinski definition) is 4. The minimum Gasteiger partial charge on any atom is -0.382 e. The molecule has 4 N–H and O–H groups in total. The van der Waals surface area contributed by atoms with Gasteiger partial charge >= 0.3 is 0 Å². The van der Waals surface area contributed by atoms with Gasteiger partial charge in [-0.3, -0.25) is 43.6 Å². The first-order valence-corrected chi connectivity index (χ1v) is 27.1. The van der Waals surface area contributed by atoms with Crippen molar-refractivity contribution in [2.75, 3.05) is 134 Å². The molecule has 1 saturated carbocycles. The molecule has 2 bridgehead atoms. The number of carbonyl (C=O) groups is 6. The average Bonchev–Trinajstić information content (AvgIpc) is 4.37. The highest BCUT2D eigenvalue weighted by molar-refractivity contribution is 6.25. The molecule has 21 nitrogen and oxygen atoms in total. The van der Waals surface area contributed by atoms with Crippen LogP contribution in [0.15, 0.2) is 97.4 Å². The number of rotatable bonds is 34. The van der Waals surface area contributed by atoms with Crippen LogP contribution >= 0.6 is 0 Å². The molecule has 3 aliphatic heterocycles. The van der Waals surface area contributed by atoms with E-state index in [1.807, 2.05) is 24.3 Å².